The molecular formula is C21H15NO5S. The Hall–Kier alpha value is -3.42. The number of rotatable bonds is 5. The molecule has 140 valence electrons. The maximum Gasteiger partial charge on any atom is 0.284 e. The van der Waals surface area contributed by atoms with Crippen LogP contribution in [0.2, 0.25) is 0 Å². The van der Waals surface area contributed by atoms with E-state index in [1.807, 2.05) is 30.3 Å². The standard InChI is InChI=1S/C21H15NO5S/c23-18-15-8-4-5-9-16(15)27-19(13-6-2-1-3-7-13)20(18)26-12-14-10-11-17(28-14)21(24)22-25/h1-11,25H,12H2,(H,22,24). The fraction of sp³-hybridized carbons (Fsp3) is 0.0476. The van der Waals surface area contributed by atoms with Crippen LogP contribution < -0.4 is 15.6 Å². The number of nitrogens with one attached hydrogen (secondary N) is 1. The van der Waals surface area contributed by atoms with Crippen LogP contribution in [0, 0.1) is 0 Å². The first-order valence-electron chi connectivity index (χ1n) is 8.44. The van der Waals surface area contributed by atoms with E-state index in [1.54, 1.807) is 41.9 Å². The van der Waals surface area contributed by atoms with E-state index in [0.29, 0.717) is 21.6 Å². The largest absolute Gasteiger partial charge is 0.481 e. The van der Waals surface area contributed by atoms with Gasteiger partial charge in [0, 0.05) is 10.4 Å². The molecule has 2 N–H and O–H groups in total. The van der Waals surface area contributed by atoms with Crippen molar-refractivity contribution in [3.05, 3.63) is 86.7 Å². The molecule has 0 bridgehead atoms. The summed E-state index contributed by atoms with van der Waals surface area (Å²) in [5.41, 5.74) is 2.55. The molecule has 0 fully saturated rings. The van der Waals surface area contributed by atoms with Gasteiger partial charge in [0.15, 0.2) is 5.76 Å². The van der Waals surface area contributed by atoms with Crippen molar-refractivity contribution >= 4 is 28.2 Å². The lowest BCUT2D eigenvalue weighted by Crippen LogP contribution is -2.16. The Balaban J connectivity index is 1.74. The molecule has 2 aromatic heterocycles. The number of amides is 1. The highest BCUT2D eigenvalue weighted by atomic mass is 32.1. The zero-order valence-corrected chi connectivity index (χ0v) is 15.4. The minimum absolute atomic E-state index is 0.0896. The van der Waals surface area contributed by atoms with E-state index in [1.165, 1.54) is 11.3 Å². The molecule has 0 unspecified atom stereocenters. The van der Waals surface area contributed by atoms with Gasteiger partial charge < -0.3 is 9.15 Å². The third kappa shape index (κ3) is 3.40. The van der Waals surface area contributed by atoms with Crippen LogP contribution in [-0.4, -0.2) is 11.1 Å². The van der Waals surface area contributed by atoms with E-state index in [9.17, 15) is 9.59 Å². The Labute approximate surface area is 163 Å². The molecule has 1 amide bonds. The van der Waals surface area contributed by atoms with Crippen LogP contribution in [0.25, 0.3) is 22.3 Å². The maximum absolute atomic E-state index is 13.0. The van der Waals surface area contributed by atoms with Crippen molar-refractivity contribution < 1.29 is 19.2 Å². The van der Waals surface area contributed by atoms with E-state index >= 15 is 0 Å². The molecule has 2 aromatic carbocycles. The van der Waals surface area contributed by atoms with Gasteiger partial charge in [-0.2, -0.15) is 0 Å². The molecule has 0 saturated heterocycles. The smallest absolute Gasteiger partial charge is 0.284 e. The molecule has 4 aromatic rings. The fourth-order valence-corrected chi connectivity index (χ4v) is 3.62. The third-order valence-electron chi connectivity index (χ3n) is 4.14. The predicted molar refractivity (Wildman–Crippen MR) is 106 cm³/mol. The highest BCUT2D eigenvalue weighted by Crippen LogP contribution is 2.31. The topological polar surface area (TPSA) is 88.8 Å². The van der Waals surface area contributed by atoms with Crippen LogP contribution in [0.4, 0.5) is 0 Å². The highest BCUT2D eigenvalue weighted by molar-refractivity contribution is 7.14. The van der Waals surface area contributed by atoms with Gasteiger partial charge in [0.25, 0.3) is 5.91 Å². The van der Waals surface area contributed by atoms with Crippen LogP contribution >= 0.6 is 11.3 Å². The summed E-state index contributed by atoms with van der Waals surface area (Å²) >= 11 is 1.17. The summed E-state index contributed by atoms with van der Waals surface area (Å²) in [6.45, 7) is 0.0896. The molecule has 0 atom stereocenters. The summed E-state index contributed by atoms with van der Waals surface area (Å²) in [6, 6.07) is 19.6. The quantitative estimate of drug-likeness (QED) is 0.391. The average molecular weight is 393 g/mol. The van der Waals surface area contributed by atoms with Gasteiger partial charge in [0.05, 0.1) is 10.3 Å². The zero-order chi connectivity index (χ0) is 19.5. The van der Waals surface area contributed by atoms with Crippen molar-refractivity contribution in [1.29, 1.82) is 0 Å². The predicted octanol–water partition coefficient (Wildman–Crippen LogP) is 4.22. The Morgan fingerprint density at radius 3 is 2.57 bits per heavy atom. The van der Waals surface area contributed by atoms with E-state index < -0.39 is 5.91 Å². The number of ether oxygens (including phenoxy) is 1. The molecule has 4 rings (SSSR count). The molecule has 0 spiro atoms. The van der Waals surface area contributed by atoms with Gasteiger partial charge in [-0.1, -0.05) is 42.5 Å². The van der Waals surface area contributed by atoms with Crippen LogP contribution in [0.5, 0.6) is 5.75 Å². The fourth-order valence-electron chi connectivity index (χ4n) is 2.81. The number of hydrogen-bond donors (Lipinski definition) is 2. The third-order valence-corrected chi connectivity index (χ3v) is 5.20. The molecule has 7 heteroatoms. The maximum atomic E-state index is 13.0. The van der Waals surface area contributed by atoms with Crippen molar-refractivity contribution in [1.82, 2.24) is 5.48 Å². The molecule has 0 aliphatic rings. The van der Waals surface area contributed by atoms with Gasteiger partial charge in [-0.15, -0.1) is 11.3 Å². The summed E-state index contributed by atoms with van der Waals surface area (Å²) in [7, 11) is 0. The summed E-state index contributed by atoms with van der Waals surface area (Å²) in [6.07, 6.45) is 0. The van der Waals surface area contributed by atoms with Crippen LogP contribution in [0.1, 0.15) is 14.5 Å². The van der Waals surface area contributed by atoms with Gasteiger partial charge in [-0.25, -0.2) is 5.48 Å². The minimum atomic E-state index is -0.591. The minimum Gasteiger partial charge on any atom is -0.481 e. The first kappa shape index (κ1) is 18.0. The Morgan fingerprint density at radius 1 is 1.04 bits per heavy atom. The van der Waals surface area contributed by atoms with Crippen molar-refractivity contribution in [2.45, 2.75) is 6.61 Å². The second-order valence-corrected chi connectivity index (χ2v) is 7.12. The number of hydrogen-bond acceptors (Lipinski definition) is 6. The molecule has 0 saturated carbocycles. The van der Waals surface area contributed by atoms with Crippen molar-refractivity contribution in [2.75, 3.05) is 0 Å². The van der Waals surface area contributed by atoms with E-state index in [0.717, 1.165) is 10.4 Å². The van der Waals surface area contributed by atoms with Gasteiger partial charge in [-0.05, 0) is 24.3 Å². The zero-order valence-electron chi connectivity index (χ0n) is 14.5. The number of thiophene rings is 1. The number of carbonyl (C=O) groups is 1. The first-order valence-corrected chi connectivity index (χ1v) is 9.26. The van der Waals surface area contributed by atoms with Gasteiger partial charge in [0.2, 0.25) is 11.2 Å². The molecule has 0 aliphatic carbocycles. The van der Waals surface area contributed by atoms with Gasteiger partial charge >= 0.3 is 0 Å². The van der Waals surface area contributed by atoms with Crippen molar-refractivity contribution in [2.24, 2.45) is 0 Å². The summed E-state index contributed by atoms with van der Waals surface area (Å²) in [4.78, 5) is 25.6. The Kier molecular flexibility index (Phi) is 4.92. The lowest BCUT2D eigenvalue weighted by Gasteiger charge is -2.11. The number of fused-ring (bicyclic) bond motifs is 1. The molecule has 0 aliphatic heterocycles. The Bertz CT molecular complexity index is 1200. The van der Waals surface area contributed by atoms with Crippen LogP contribution in [0.3, 0.4) is 0 Å². The van der Waals surface area contributed by atoms with E-state index in [2.05, 4.69) is 0 Å². The molecule has 0 radical (unpaired) electrons. The van der Waals surface area contributed by atoms with Crippen LogP contribution in [-0.2, 0) is 6.61 Å². The summed E-state index contributed by atoms with van der Waals surface area (Å²) in [5.74, 6) is -0.118. The first-order chi connectivity index (χ1) is 13.7. The van der Waals surface area contributed by atoms with Gasteiger partial charge in [-0.3, -0.25) is 14.8 Å². The van der Waals surface area contributed by atoms with Crippen molar-refractivity contribution in [3.8, 4) is 17.1 Å². The number of carbonyl (C=O) groups excluding carboxylic acids is 1. The van der Waals surface area contributed by atoms with E-state index in [4.69, 9.17) is 14.4 Å². The Morgan fingerprint density at radius 2 is 1.79 bits per heavy atom. The molecule has 6 nitrogen and oxygen atoms in total. The summed E-state index contributed by atoms with van der Waals surface area (Å²) in [5, 5.41) is 9.16. The lowest BCUT2D eigenvalue weighted by atomic mass is 10.1. The normalized spacial score (nSPS) is 10.8. The molecule has 2 heterocycles. The average Bonchev–Trinajstić information content (AvgIpc) is 3.22. The number of para-hydroxylation sites is 1. The summed E-state index contributed by atoms with van der Waals surface area (Å²) < 4.78 is 11.8. The second kappa shape index (κ2) is 7.67. The molecule has 28 heavy (non-hydrogen) atoms. The number of benzene rings is 2. The second-order valence-electron chi connectivity index (χ2n) is 5.95. The van der Waals surface area contributed by atoms with Crippen LogP contribution in [0.15, 0.2) is 75.9 Å². The van der Waals surface area contributed by atoms with Gasteiger partial charge in [0.1, 0.15) is 12.2 Å². The lowest BCUT2D eigenvalue weighted by molar-refractivity contribution is 0.0711. The highest BCUT2D eigenvalue weighted by Gasteiger charge is 2.18. The number of hydroxylamine groups is 1. The van der Waals surface area contributed by atoms with E-state index in [-0.39, 0.29) is 17.8 Å². The monoisotopic (exact) mass is 393 g/mol. The SMILES string of the molecule is O=C(NO)c1ccc(COc2c(-c3ccccc3)oc3ccccc3c2=O)s1. The van der Waals surface area contributed by atoms with Crippen molar-refractivity contribution in [3.63, 3.8) is 0 Å². The molecular weight excluding hydrogens is 378 g/mol.